The molecule has 0 spiro atoms. The summed E-state index contributed by atoms with van der Waals surface area (Å²) in [7, 11) is 0. The molecule has 1 saturated carbocycles. The Hall–Kier alpha value is -6.18. The lowest BCUT2D eigenvalue weighted by molar-refractivity contribution is -0.288. The van der Waals surface area contributed by atoms with E-state index in [1.54, 1.807) is 24.3 Å². The van der Waals surface area contributed by atoms with Crippen molar-refractivity contribution in [1.29, 1.82) is 0 Å². The van der Waals surface area contributed by atoms with Gasteiger partial charge in [-0.1, -0.05) is 74.9 Å². The maximum Gasteiger partial charge on any atom is 0.411 e. The molecule has 0 radical (unpaired) electrons. The fourth-order valence-electron chi connectivity index (χ4n) is 10.2. The number of H-pyrrole nitrogens is 1. The minimum atomic E-state index is -6.13. The Labute approximate surface area is 344 Å². The summed E-state index contributed by atoms with van der Waals surface area (Å²) in [6.07, 6.45) is -6.83. The predicted octanol–water partition coefficient (Wildman–Crippen LogP) is 10.0. The van der Waals surface area contributed by atoms with Crippen LogP contribution in [0.5, 0.6) is 0 Å². The molecular weight excluding hydrogens is 801 g/mol. The number of rotatable bonds is 6. The predicted molar refractivity (Wildman–Crippen MR) is 213 cm³/mol. The fourth-order valence-corrected chi connectivity index (χ4v) is 10.2. The zero-order valence-corrected chi connectivity index (χ0v) is 32.9. The maximum atomic E-state index is 15.4. The minimum Gasteiger partial charge on any atom is -0.309 e. The molecule has 14 heteroatoms. The molecule has 6 unspecified atom stereocenters. The third kappa shape index (κ3) is 5.95. The number of imide groups is 1. The van der Waals surface area contributed by atoms with E-state index in [9.17, 15) is 24.0 Å². The molecule has 6 atom stereocenters. The SMILES string of the molecule is CC1C=C(C2CCC(C)C2c2ccc(N3C(=O)c4ccc(C(c5ccc6c(c5)C(=O)C(c5nc7ccccc7c(=O)[nH]5)C6=O)(C(F)(F)F)C(F)(F)F)cc4C3=O)cc2)CC1C. The van der Waals surface area contributed by atoms with Crippen LogP contribution in [0.2, 0.25) is 0 Å². The number of anilines is 1. The van der Waals surface area contributed by atoms with E-state index in [2.05, 4.69) is 36.8 Å². The molecule has 4 aliphatic rings. The fraction of sp³-hybridized carbons (Fsp3) is 0.319. The average molecular weight is 838 g/mol. The molecule has 4 aromatic carbocycles. The second-order valence-corrected chi connectivity index (χ2v) is 16.9. The van der Waals surface area contributed by atoms with Gasteiger partial charge in [-0.3, -0.25) is 24.0 Å². The number of amides is 2. The van der Waals surface area contributed by atoms with Gasteiger partial charge in [-0.25, -0.2) is 9.88 Å². The van der Waals surface area contributed by atoms with Crippen molar-refractivity contribution in [2.24, 2.45) is 23.7 Å². The number of allylic oxidation sites excluding steroid dienone is 2. The molecule has 1 N–H and O–H groups in total. The number of ketones is 2. The molecule has 1 aromatic heterocycles. The van der Waals surface area contributed by atoms with Crippen molar-refractivity contribution in [3.05, 3.63) is 152 Å². The molecule has 61 heavy (non-hydrogen) atoms. The first-order chi connectivity index (χ1) is 28.8. The second-order valence-electron chi connectivity index (χ2n) is 16.9. The molecule has 1 fully saturated rings. The summed E-state index contributed by atoms with van der Waals surface area (Å²) in [6.45, 7) is 6.63. The number of nitrogens with one attached hydrogen (secondary N) is 1. The maximum absolute atomic E-state index is 15.4. The Morgan fingerprint density at radius 2 is 1.28 bits per heavy atom. The van der Waals surface area contributed by atoms with E-state index in [0.29, 0.717) is 54.0 Å². The summed E-state index contributed by atoms with van der Waals surface area (Å²) in [5.41, 5.74) is -7.99. The quantitative estimate of drug-likeness (QED) is 0.0788. The van der Waals surface area contributed by atoms with Crippen molar-refractivity contribution in [1.82, 2.24) is 9.97 Å². The molecular formula is C47H37F6N3O5. The van der Waals surface area contributed by atoms with E-state index in [0.717, 1.165) is 35.8 Å². The first-order valence-electron chi connectivity index (χ1n) is 20.0. The van der Waals surface area contributed by atoms with Gasteiger partial charge in [0.25, 0.3) is 17.4 Å². The molecule has 2 heterocycles. The van der Waals surface area contributed by atoms with Crippen molar-refractivity contribution in [2.75, 3.05) is 4.90 Å². The van der Waals surface area contributed by atoms with Crippen molar-refractivity contribution >= 4 is 40.0 Å². The van der Waals surface area contributed by atoms with Gasteiger partial charge < -0.3 is 4.98 Å². The number of fused-ring (bicyclic) bond motifs is 3. The Balaban J connectivity index is 1.07. The van der Waals surface area contributed by atoms with Crippen LogP contribution in [0.25, 0.3) is 10.9 Å². The van der Waals surface area contributed by atoms with Crippen LogP contribution in [0.3, 0.4) is 0 Å². The topological polar surface area (TPSA) is 117 Å². The Morgan fingerprint density at radius 3 is 1.92 bits per heavy atom. The van der Waals surface area contributed by atoms with E-state index in [1.165, 1.54) is 17.7 Å². The number of carbonyl (C=O) groups is 4. The number of alkyl halides is 6. The van der Waals surface area contributed by atoms with Crippen LogP contribution in [0.15, 0.2) is 101 Å². The van der Waals surface area contributed by atoms with Crippen molar-refractivity contribution in [3.8, 4) is 0 Å². The number of hydrogen-bond acceptors (Lipinski definition) is 6. The number of nitrogens with zero attached hydrogens (tertiary/aromatic N) is 2. The number of aromatic nitrogens is 2. The van der Waals surface area contributed by atoms with E-state index >= 15 is 26.3 Å². The first kappa shape index (κ1) is 40.2. The molecule has 2 amide bonds. The van der Waals surface area contributed by atoms with Gasteiger partial charge in [0.1, 0.15) is 11.7 Å². The zero-order chi connectivity index (χ0) is 43.5. The van der Waals surface area contributed by atoms with Gasteiger partial charge in [0.2, 0.25) is 5.41 Å². The van der Waals surface area contributed by atoms with E-state index in [4.69, 9.17) is 0 Å². The summed E-state index contributed by atoms with van der Waals surface area (Å²) < 4.78 is 92.6. The molecule has 312 valence electrons. The van der Waals surface area contributed by atoms with Crippen molar-refractivity contribution < 1.29 is 45.5 Å². The number of Topliss-reactive ketones (excluding diaryl/α,β-unsaturated/α-hetero) is 2. The Morgan fingerprint density at radius 1 is 0.672 bits per heavy atom. The molecule has 0 saturated heterocycles. The van der Waals surface area contributed by atoms with Gasteiger partial charge >= 0.3 is 12.4 Å². The van der Waals surface area contributed by atoms with Crippen LogP contribution in [0, 0.1) is 23.7 Å². The number of carbonyl (C=O) groups excluding carboxylic acids is 4. The van der Waals surface area contributed by atoms with Crippen molar-refractivity contribution in [2.45, 2.75) is 69.6 Å². The lowest BCUT2D eigenvalue weighted by atomic mass is 9.71. The number of aromatic amines is 1. The normalized spacial score (nSPS) is 24.2. The Bertz CT molecular complexity index is 2790. The lowest BCUT2D eigenvalue weighted by Gasteiger charge is -2.38. The number of para-hydroxylation sites is 1. The summed E-state index contributed by atoms with van der Waals surface area (Å²) >= 11 is 0. The highest BCUT2D eigenvalue weighted by molar-refractivity contribution is 6.34. The summed E-state index contributed by atoms with van der Waals surface area (Å²) in [5, 5.41) is 0.129. The average Bonchev–Trinajstić information content (AvgIpc) is 3.90. The minimum absolute atomic E-state index is 0.109. The lowest BCUT2D eigenvalue weighted by Crippen LogP contribution is -2.55. The van der Waals surface area contributed by atoms with Crippen LogP contribution in [0.4, 0.5) is 32.0 Å². The summed E-state index contributed by atoms with van der Waals surface area (Å²) in [5.74, 6) is -4.49. The van der Waals surface area contributed by atoms with Crippen molar-refractivity contribution in [3.63, 3.8) is 0 Å². The first-order valence-corrected chi connectivity index (χ1v) is 20.0. The van der Waals surface area contributed by atoms with Gasteiger partial charge in [0.15, 0.2) is 11.6 Å². The van der Waals surface area contributed by atoms with Gasteiger partial charge in [-0.15, -0.1) is 0 Å². The zero-order valence-electron chi connectivity index (χ0n) is 32.9. The molecule has 5 aromatic rings. The molecule has 9 rings (SSSR count). The van der Waals surface area contributed by atoms with Crippen LogP contribution in [0.1, 0.15) is 116 Å². The molecule has 0 bridgehead atoms. The smallest absolute Gasteiger partial charge is 0.309 e. The second kappa shape index (κ2) is 13.9. The third-order valence-corrected chi connectivity index (χ3v) is 13.5. The number of halogens is 6. The number of benzene rings is 4. The monoisotopic (exact) mass is 837 g/mol. The summed E-state index contributed by atoms with van der Waals surface area (Å²) in [4.78, 5) is 74.9. The highest BCUT2D eigenvalue weighted by Gasteiger charge is 2.73. The van der Waals surface area contributed by atoms with Gasteiger partial charge in [-0.2, -0.15) is 26.3 Å². The largest absolute Gasteiger partial charge is 0.411 e. The van der Waals surface area contributed by atoms with E-state index < -0.39 is 86.3 Å². The van der Waals surface area contributed by atoms with Crippen LogP contribution < -0.4 is 10.5 Å². The Kier molecular flexibility index (Phi) is 9.19. The highest BCUT2D eigenvalue weighted by atomic mass is 19.4. The number of hydrogen-bond donors (Lipinski definition) is 1. The van der Waals surface area contributed by atoms with Gasteiger partial charge in [0.05, 0.1) is 27.7 Å². The third-order valence-electron chi connectivity index (χ3n) is 13.5. The van der Waals surface area contributed by atoms with Crippen LogP contribution >= 0.6 is 0 Å². The summed E-state index contributed by atoms with van der Waals surface area (Å²) in [6, 6.07) is 16.0. The van der Waals surface area contributed by atoms with Gasteiger partial charge in [-0.05, 0) is 108 Å². The molecule has 8 nitrogen and oxygen atoms in total. The van der Waals surface area contributed by atoms with Gasteiger partial charge in [0, 0.05) is 11.1 Å². The highest BCUT2D eigenvalue weighted by Crippen LogP contribution is 2.57. The molecule has 1 aliphatic heterocycles. The van der Waals surface area contributed by atoms with Crippen LogP contribution in [-0.2, 0) is 5.41 Å². The van der Waals surface area contributed by atoms with E-state index in [1.807, 2.05) is 12.1 Å². The standard InChI is InChI=1S/C47H37F6N3O5/c1-22-8-15-30(26-18-23(2)24(3)19-26)37(22)25-9-13-29(14-10-25)56-43(60)32-17-12-28(21-35(32)44(56)61)45(46(48,49)50,47(51,52)53)27-11-16-31-34(20-27)40(58)38(39(31)57)41-54-36-7-5-4-6-33(36)42(59)55-41/h4-7,9-14,16-18,20-24,30,37-38H,8,15,19H2,1-3H3,(H,54,55,59). The molecule has 3 aliphatic carbocycles. The van der Waals surface area contributed by atoms with Crippen LogP contribution in [-0.4, -0.2) is 45.7 Å². The van der Waals surface area contributed by atoms with E-state index in [-0.39, 0.29) is 28.1 Å².